The molecule has 0 radical (unpaired) electrons. The van der Waals surface area contributed by atoms with E-state index in [2.05, 4.69) is 6.92 Å². The Morgan fingerprint density at radius 3 is 2.89 bits per heavy atom. The molecule has 1 aromatic carbocycles. The lowest BCUT2D eigenvalue weighted by Gasteiger charge is -2.30. The van der Waals surface area contributed by atoms with Gasteiger partial charge in [0.1, 0.15) is 0 Å². The molecule has 0 aromatic heterocycles. The maximum absolute atomic E-state index is 12.3. The topological polar surface area (TPSA) is 38.8 Å². The number of amides is 1. The summed E-state index contributed by atoms with van der Waals surface area (Å²) in [7, 11) is 0. The van der Waals surface area contributed by atoms with Crippen LogP contribution in [-0.2, 0) is 11.2 Å². The third-order valence-corrected chi connectivity index (χ3v) is 3.96. The van der Waals surface area contributed by atoms with E-state index in [1.165, 1.54) is 0 Å². The van der Waals surface area contributed by atoms with Gasteiger partial charge in [0, 0.05) is 18.7 Å². The van der Waals surface area contributed by atoms with E-state index < -0.39 is 0 Å². The van der Waals surface area contributed by atoms with Crippen LogP contribution in [0.5, 0.6) is 11.5 Å². The average molecular weight is 261 g/mol. The van der Waals surface area contributed by atoms with Crippen molar-refractivity contribution in [3.8, 4) is 11.5 Å². The van der Waals surface area contributed by atoms with Crippen LogP contribution in [0.15, 0.2) is 18.2 Å². The highest BCUT2D eigenvalue weighted by molar-refractivity contribution is 5.80. The molecule has 1 aromatic rings. The number of carbonyl (C=O) groups excluding carboxylic acids is 1. The summed E-state index contributed by atoms with van der Waals surface area (Å²) in [5.41, 5.74) is 0.929. The van der Waals surface area contributed by atoms with Crippen LogP contribution in [0.2, 0.25) is 0 Å². The van der Waals surface area contributed by atoms with Crippen LogP contribution in [0, 0.1) is 5.92 Å². The lowest BCUT2D eigenvalue weighted by molar-refractivity contribution is -0.131. The SMILES string of the molecule is CC1CCN(C(=O)Cc2cccc3c2OCO3)CC1. The first-order valence-electron chi connectivity index (χ1n) is 6.89. The van der Waals surface area contributed by atoms with Crippen molar-refractivity contribution in [2.45, 2.75) is 26.2 Å². The number of piperidine rings is 1. The summed E-state index contributed by atoms with van der Waals surface area (Å²) in [4.78, 5) is 14.3. The number of benzene rings is 1. The Morgan fingerprint density at radius 1 is 1.32 bits per heavy atom. The number of fused-ring (bicyclic) bond motifs is 1. The molecule has 3 rings (SSSR count). The molecule has 19 heavy (non-hydrogen) atoms. The van der Waals surface area contributed by atoms with Gasteiger partial charge in [-0.25, -0.2) is 0 Å². The Kier molecular flexibility index (Phi) is 3.32. The predicted octanol–water partition coefficient (Wildman–Crippen LogP) is 2.22. The van der Waals surface area contributed by atoms with E-state index in [-0.39, 0.29) is 12.7 Å². The zero-order chi connectivity index (χ0) is 13.2. The molecule has 4 heteroatoms. The fourth-order valence-electron chi connectivity index (χ4n) is 2.66. The largest absolute Gasteiger partial charge is 0.454 e. The quantitative estimate of drug-likeness (QED) is 0.819. The van der Waals surface area contributed by atoms with Gasteiger partial charge in [0.05, 0.1) is 6.42 Å². The van der Waals surface area contributed by atoms with E-state index in [0.717, 1.165) is 48.9 Å². The lowest BCUT2D eigenvalue weighted by Crippen LogP contribution is -2.38. The number of hydrogen-bond acceptors (Lipinski definition) is 3. The molecule has 0 aliphatic carbocycles. The van der Waals surface area contributed by atoms with Gasteiger partial charge < -0.3 is 14.4 Å². The molecule has 2 heterocycles. The summed E-state index contributed by atoms with van der Waals surface area (Å²) in [5, 5.41) is 0. The molecule has 0 spiro atoms. The second-order valence-corrected chi connectivity index (χ2v) is 5.39. The van der Waals surface area contributed by atoms with E-state index in [1.54, 1.807) is 0 Å². The number of ether oxygens (including phenoxy) is 2. The number of para-hydroxylation sites is 1. The van der Waals surface area contributed by atoms with E-state index in [0.29, 0.717) is 6.42 Å². The van der Waals surface area contributed by atoms with Crippen molar-refractivity contribution in [1.82, 2.24) is 4.90 Å². The molecule has 0 saturated carbocycles. The first kappa shape index (κ1) is 12.3. The molecular weight excluding hydrogens is 242 g/mol. The molecule has 2 aliphatic heterocycles. The molecule has 0 N–H and O–H groups in total. The molecule has 0 bridgehead atoms. The van der Waals surface area contributed by atoms with Crippen LogP contribution in [0.25, 0.3) is 0 Å². The van der Waals surface area contributed by atoms with Crippen LogP contribution >= 0.6 is 0 Å². The monoisotopic (exact) mass is 261 g/mol. The van der Waals surface area contributed by atoms with Gasteiger partial charge >= 0.3 is 0 Å². The number of carbonyl (C=O) groups is 1. The third kappa shape index (κ3) is 2.53. The van der Waals surface area contributed by atoms with Crippen molar-refractivity contribution in [2.24, 2.45) is 5.92 Å². The average Bonchev–Trinajstić information content (AvgIpc) is 2.89. The highest BCUT2D eigenvalue weighted by atomic mass is 16.7. The summed E-state index contributed by atoms with van der Waals surface area (Å²) in [5.74, 6) is 2.41. The van der Waals surface area contributed by atoms with Crippen molar-refractivity contribution in [2.75, 3.05) is 19.9 Å². The second-order valence-electron chi connectivity index (χ2n) is 5.39. The maximum Gasteiger partial charge on any atom is 0.231 e. The zero-order valence-electron chi connectivity index (χ0n) is 11.2. The molecular formula is C15H19NO3. The first-order valence-corrected chi connectivity index (χ1v) is 6.89. The van der Waals surface area contributed by atoms with E-state index in [1.807, 2.05) is 23.1 Å². The molecule has 4 nitrogen and oxygen atoms in total. The van der Waals surface area contributed by atoms with Crippen LogP contribution in [-0.4, -0.2) is 30.7 Å². The van der Waals surface area contributed by atoms with Gasteiger partial charge in [-0.3, -0.25) is 4.79 Å². The van der Waals surface area contributed by atoms with Crippen LogP contribution in [0.1, 0.15) is 25.3 Å². The van der Waals surface area contributed by atoms with Gasteiger partial charge in [-0.15, -0.1) is 0 Å². The number of rotatable bonds is 2. The van der Waals surface area contributed by atoms with Gasteiger partial charge in [-0.05, 0) is 24.8 Å². The standard InChI is InChI=1S/C15H19NO3/c1-11-5-7-16(8-6-11)14(17)9-12-3-2-4-13-15(12)19-10-18-13/h2-4,11H,5-10H2,1H3. The molecule has 0 atom stereocenters. The second kappa shape index (κ2) is 5.11. The third-order valence-electron chi connectivity index (χ3n) is 3.96. The minimum atomic E-state index is 0.191. The normalized spacial score (nSPS) is 18.7. The van der Waals surface area contributed by atoms with Crippen molar-refractivity contribution < 1.29 is 14.3 Å². The highest BCUT2D eigenvalue weighted by Gasteiger charge is 2.23. The van der Waals surface area contributed by atoms with Gasteiger partial charge in [0.15, 0.2) is 11.5 Å². The minimum absolute atomic E-state index is 0.191. The van der Waals surface area contributed by atoms with Crippen molar-refractivity contribution in [3.05, 3.63) is 23.8 Å². The molecule has 1 amide bonds. The smallest absolute Gasteiger partial charge is 0.231 e. The fourth-order valence-corrected chi connectivity index (χ4v) is 2.66. The predicted molar refractivity (Wildman–Crippen MR) is 71.2 cm³/mol. The van der Waals surface area contributed by atoms with Crippen molar-refractivity contribution in [1.29, 1.82) is 0 Å². The van der Waals surface area contributed by atoms with Gasteiger partial charge in [-0.1, -0.05) is 19.1 Å². The molecule has 1 saturated heterocycles. The van der Waals surface area contributed by atoms with Crippen LogP contribution in [0.3, 0.4) is 0 Å². The van der Waals surface area contributed by atoms with Crippen molar-refractivity contribution >= 4 is 5.91 Å². The van der Waals surface area contributed by atoms with Crippen LogP contribution in [0.4, 0.5) is 0 Å². The zero-order valence-corrected chi connectivity index (χ0v) is 11.2. The van der Waals surface area contributed by atoms with Crippen molar-refractivity contribution in [3.63, 3.8) is 0 Å². The summed E-state index contributed by atoms with van der Waals surface area (Å²) >= 11 is 0. The number of likely N-dealkylation sites (tertiary alicyclic amines) is 1. The maximum atomic E-state index is 12.3. The Hall–Kier alpha value is -1.71. The van der Waals surface area contributed by atoms with Gasteiger partial charge in [0.25, 0.3) is 0 Å². The van der Waals surface area contributed by atoms with Crippen LogP contribution < -0.4 is 9.47 Å². The lowest BCUT2D eigenvalue weighted by atomic mass is 9.98. The summed E-state index contributed by atoms with van der Waals surface area (Å²) in [6.07, 6.45) is 2.62. The fraction of sp³-hybridized carbons (Fsp3) is 0.533. The molecule has 0 unspecified atom stereocenters. The Labute approximate surface area is 113 Å². The Balaban J connectivity index is 1.68. The molecule has 1 fully saturated rings. The minimum Gasteiger partial charge on any atom is -0.454 e. The Bertz CT molecular complexity index is 478. The summed E-state index contributed by atoms with van der Waals surface area (Å²) in [6, 6.07) is 5.73. The number of nitrogens with zero attached hydrogens (tertiary/aromatic N) is 1. The van der Waals surface area contributed by atoms with E-state index in [4.69, 9.17) is 9.47 Å². The van der Waals surface area contributed by atoms with Gasteiger partial charge in [-0.2, -0.15) is 0 Å². The number of hydrogen-bond donors (Lipinski definition) is 0. The highest BCUT2D eigenvalue weighted by Crippen LogP contribution is 2.35. The van der Waals surface area contributed by atoms with Gasteiger partial charge in [0.2, 0.25) is 12.7 Å². The molecule has 102 valence electrons. The molecule has 2 aliphatic rings. The van der Waals surface area contributed by atoms with E-state index >= 15 is 0 Å². The first-order chi connectivity index (χ1) is 9.24. The Morgan fingerprint density at radius 2 is 2.11 bits per heavy atom. The summed E-state index contributed by atoms with van der Waals surface area (Å²) in [6.45, 7) is 4.26. The summed E-state index contributed by atoms with van der Waals surface area (Å²) < 4.78 is 10.8. The van der Waals surface area contributed by atoms with E-state index in [9.17, 15) is 4.79 Å².